The third kappa shape index (κ3) is 8.00. The van der Waals surface area contributed by atoms with Crippen molar-refractivity contribution in [3.8, 4) is 5.88 Å². The number of nitrogens with zero attached hydrogens (tertiary/aromatic N) is 1. The molecule has 1 heterocycles. The smallest absolute Gasteiger partial charge is 0.213 e. The van der Waals surface area contributed by atoms with Crippen LogP contribution in [0.2, 0.25) is 0 Å². The van der Waals surface area contributed by atoms with Crippen LogP contribution in [0.25, 0.3) is 0 Å². The molecular formula is C16H28N2O2. The van der Waals surface area contributed by atoms with Crippen LogP contribution in [-0.2, 0) is 4.74 Å². The maximum atomic E-state index is 5.42. The Bertz CT molecular complexity index is 328. The zero-order valence-corrected chi connectivity index (χ0v) is 12.9. The number of unbranched alkanes of at least 4 members (excludes halogenated alkanes) is 5. The zero-order chi connectivity index (χ0) is 14.5. The molecule has 0 atom stereocenters. The molecule has 114 valence electrons. The fourth-order valence-corrected chi connectivity index (χ4v) is 1.94. The molecule has 1 aromatic rings. The van der Waals surface area contributed by atoms with E-state index in [4.69, 9.17) is 9.47 Å². The Kier molecular flexibility index (Phi) is 9.66. The van der Waals surface area contributed by atoms with Crippen molar-refractivity contribution in [3.05, 3.63) is 18.3 Å². The van der Waals surface area contributed by atoms with Crippen LogP contribution in [-0.4, -0.2) is 31.9 Å². The first-order valence-corrected chi connectivity index (χ1v) is 7.68. The van der Waals surface area contributed by atoms with Gasteiger partial charge in [0.15, 0.2) is 0 Å². The third-order valence-corrected chi connectivity index (χ3v) is 3.13. The summed E-state index contributed by atoms with van der Waals surface area (Å²) in [6, 6.07) is 3.89. The Morgan fingerprint density at radius 2 is 1.85 bits per heavy atom. The molecule has 0 spiro atoms. The van der Waals surface area contributed by atoms with Crippen molar-refractivity contribution in [2.45, 2.75) is 45.4 Å². The van der Waals surface area contributed by atoms with E-state index in [1.54, 1.807) is 7.11 Å². The number of hydrogen-bond acceptors (Lipinski definition) is 4. The lowest BCUT2D eigenvalue weighted by molar-refractivity contribution is 0.144. The lowest BCUT2D eigenvalue weighted by atomic mass is 10.1. The molecule has 4 heteroatoms. The molecule has 0 aliphatic carbocycles. The van der Waals surface area contributed by atoms with Crippen molar-refractivity contribution >= 4 is 5.69 Å². The van der Waals surface area contributed by atoms with Crippen LogP contribution in [0.1, 0.15) is 45.4 Å². The van der Waals surface area contributed by atoms with E-state index < -0.39 is 0 Å². The predicted octanol–water partition coefficient (Wildman–Crippen LogP) is 3.88. The second-order valence-corrected chi connectivity index (χ2v) is 4.92. The summed E-state index contributed by atoms with van der Waals surface area (Å²) in [6.45, 7) is 4.38. The molecule has 1 N–H and O–H groups in total. The fraction of sp³-hybridized carbons (Fsp3) is 0.688. The van der Waals surface area contributed by atoms with Crippen LogP contribution in [0.15, 0.2) is 18.3 Å². The molecule has 0 fully saturated rings. The molecule has 0 unspecified atom stereocenters. The maximum Gasteiger partial charge on any atom is 0.213 e. The van der Waals surface area contributed by atoms with E-state index in [0.29, 0.717) is 19.1 Å². The molecule has 0 saturated heterocycles. The van der Waals surface area contributed by atoms with E-state index in [1.165, 1.54) is 38.5 Å². The number of pyridine rings is 1. The molecular weight excluding hydrogens is 252 g/mol. The van der Waals surface area contributed by atoms with Gasteiger partial charge < -0.3 is 14.8 Å². The summed E-state index contributed by atoms with van der Waals surface area (Å²) < 4.78 is 10.3. The summed E-state index contributed by atoms with van der Waals surface area (Å²) in [6.07, 6.45) is 9.73. The first-order valence-electron chi connectivity index (χ1n) is 7.68. The highest BCUT2D eigenvalue weighted by Gasteiger charge is 1.97. The molecule has 1 aromatic heterocycles. The van der Waals surface area contributed by atoms with Crippen molar-refractivity contribution in [1.82, 2.24) is 4.98 Å². The van der Waals surface area contributed by atoms with Gasteiger partial charge in [0.25, 0.3) is 0 Å². The van der Waals surface area contributed by atoms with Crippen LogP contribution in [0.5, 0.6) is 5.88 Å². The van der Waals surface area contributed by atoms with E-state index in [2.05, 4.69) is 17.2 Å². The molecule has 0 saturated carbocycles. The molecule has 0 bridgehead atoms. The number of aromatic nitrogens is 1. The van der Waals surface area contributed by atoms with Crippen molar-refractivity contribution in [2.24, 2.45) is 0 Å². The van der Waals surface area contributed by atoms with E-state index in [9.17, 15) is 0 Å². The van der Waals surface area contributed by atoms with Gasteiger partial charge in [0, 0.05) is 19.7 Å². The topological polar surface area (TPSA) is 43.4 Å². The van der Waals surface area contributed by atoms with Gasteiger partial charge in [0.1, 0.15) is 6.61 Å². The van der Waals surface area contributed by atoms with Crippen LogP contribution < -0.4 is 10.1 Å². The number of methoxy groups -OCH3 is 1. The molecule has 0 radical (unpaired) electrons. The Balaban J connectivity index is 2.08. The van der Waals surface area contributed by atoms with Crippen LogP contribution in [0.4, 0.5) is 5.69 Å². The minimum atomic E-state index is 0.536. The first kappa shape index (κ1) is 16.8. The molecule has 20 heavy (non-hydrogen) atoms. The van der Waals surface area contributed by atoms with Gasteiger partial charge in [0.2, 0.25) is 5.88 Å². The molecule has 1 rings (SSSR count). The van der Waals surface area contributed by atoms with Gasteiger partial charge in [-0.2, -0.15) is 0 Å². The standard InChI is InChI=1S/C16H28N2O2/c1-3-4-5-6-7-8-11-17-15-9-10-16(18-14-15)20-13-12-19-2/h9-10,14,17H,3-8,11-13H2,1-2H3. The molecule has 4 nitrogen and oxygen atoms in total. The molecule has 0 aliphatic rings. The lowest BCUT2D eigenvalue weighted by Gasteiger charge is -2.08. The number of nitrogens with one attached hydrogen (secondary N) is 1. The van der Waals surface area contributed by atoms with Crippen LogP contribution in [0, 0.1) is 0 Å². The minimum Gasteiger partial charge on any atom is -0.475 e. The third-order valence-electron chi connectivity index (χ3n) is 3.13. The molecule has 0 aromatic carbocycles. The summed E-state index contributed by atoms with van der Waals surface area (Å²) in [4.78, 5) is 4.25. The summed E-state index contributed by atoms with van der Waals surface area (Å²) in [7, 11) is 1.66. The molecule has 0 amide bonds. The average molecular weight is 280 g/mol. The van der Waals surface area contributed by atoms with Gasteiger partial charge >= 0.3 is 0 Å². The average Bonchev–Trinajstić information content (AvgIpc) is 2.48. The van der Waals surface area contributed by atoms with E-state index in [1.807, 2.05) is 18.3 Å². The van der Waals surface area contributed by atoms with Crippen molar-refractivity contribution in [2.75, 3.05) is 32.2 Å². The Morgan fingerprint density at radius 3 is 2.55 bits per heavy atom. The van der Waals surface area contributed by atoms with Gasteiger partial charge in [-0.3, -0.25) is 0 Å². The Labute approximate surface area is 122 Å². The number of hydrogen-bond donors (Lipinski definition) is 1. The summed E-state index contributed by atoms with van der Waals surface area (Å²) in [5.74, 6) is 0.646. The second-order valence-electron chi connectivity index (χ2n) is 4.92. The van der Waals surface area contributed by atoms with E-state index >= 15 is 0 Å². The second kappa shape index (κ2) is 11.5. The zero-order valence-electron chi connectivity index (χ0n) is 12.9. The first-order chi connectivity index (χ1) is 9.86. The quantitative estimate of drug-likeness (QED) is 0.590. The highest BCUT2D eigenvalue weighted by Crippen LogP contribution is 2.12. The lowest BCUT2D eigenvalue weighted by Crippen LogP contribution is -2.06. The van der Waals surface area contributed by atoms with Crippen molar-refractivity contribution in [3.63, 3.8) is 0 Å². The Hall–Kier alpha value is -1.29. The van der Waals surface area contributed by atoms with Crippen LogP contribution in [0.3, 0.4) is 0 Å². The van der Waals surface area contributed by atoms with E-state index in [0.717, 1.165) is 12.2 Å². The predicted molar refractivity (Wildman–Crippen MR) is 83.5 cm³/mol. The van der Waals surface area contributed by atoms with Gasteiger partial charge in [-0.05, 0) is 12.5 Å². The Morgan fingerprint density at radius 1 is 1.05 bits per heavy atom. The van der Waals surface area contributed by atoms with Crippen LogP contribution >= 0.6 is 0 Å². The number of rotatable bonds is 12. The summed E-state index contributed by atoms with van der Waals surface area (Å²) >= 11 is 0. The van der Waals surface area contributed by atoms with Crippen molar-refractivity contribution in [1.29, 1.82) is 0 Å². The maximum absolute atomic E-state index is 5.42. The van der Waals surface area contributed by atoms with Crippen molar-refractivity contribution < 1.29 is 9.47 Å². The van der Waals surface area contributed by atoms with Gasteiger partial charge in [-0.1, -0.05) is 39.0 Å². The minimum absolute atomic E-state index is 0.536. The normalized spacial score (nSPS) is 10.5. The fourth-order valence-electron chi connectivity index (χ4n) is 1.94. The van der Waals surface area contributed by atoms with E-state index in [-0.39, 0.29) is 0 Å². The van der Waals surface area contributed by atoms with Gasteiger partial charge in [0.05, 0.1) is 18.5 Å². The highest BCUT2D eigenvalue weighted by molar-refractivity contribution is 5.41. The van der Waals surface area contributed by atoms with Gasteiger partial charge in [-0.15, -0.1) is 0 Å². The number of anilines is 1. The number of ether oxygens (including phenoxy) is 2. The largest absolute Gasteiger partial charge is 0.475 e. The summed E-state index contributed by atoms with van der Waals surface area (Å²) in [5, 5.41) is 3.39. The highest BCUT2D eigenvalue weighted by atomic mass is 16.5. The monoisotopic (exact) mass is 280 g/mol. The summed E-state index contributed by atoms with van der Waals surface area (Å²) in [5.41, 5.74) is 1.05. The van der Waals surface area contributed by atoms with Gasteiger partial charge in [-0.25, -0.2) is 4.98 Å². The SMILES string of the molecule is CCCCCCCCNc1ccc(OCCOC)nc1. The molecule has 0 aliphatic heterocycles.